The fourth-order valence-electron chi connectivity index (χ4n) is 2.28. The molecule has 1 aliphatic heterocycles. The largest absolute Gasteiger partial charge is 0.478 e. The predicted octanol–water partition coefficient (Wildman–Crippen LogP) is 1.85. The first-order valence-electron chi connectivity index (χ1n) is 6.74. The van der Waals surface area contributed by atoms with E-state index in [1.165, 1.54) is 19.1 Å². The molecule has 0 saturated carbocycles. The Hall–Kier alpha value is -2.37. The van der Waals surface area contributed by atoms with E-state index in [4.69, 9.17) is 9.84 Å². The summed E-state index contributed by atoms with van der Waals surface area (Å²) >= 11 is 0. The zero-order chi connectivity index (χ0) is 15.4. The Kier molecular flexibility index (Phi) is 4.57. The van der Waals surface area contributed by atoms with E-state index in [1.54, 1.807) is 12.1 Å². The van der Waals surface area contributed by atoms with Crippen molar-refractivity contribution in [2.75, 3.05) is 5.32 Å². The molecule has 1 fully saturated rings. The number of carboxylic acids is 1. The smallest absolute Gasteiger partial charge is 0.335 e. The first-order valence-corrected chi connectivity index (χ1v) is 6.74. The lowest BCUT2D eigenvalue weighted by atomic mass is 10.0. The Morgan fingerprint density at radius 1 is 1.33 bits per heavy atom. The number of hydrogen-bond acceptors (Lipinski definition) is 5. The molecule has 1 aromatic rings. The molecule has 2 atom stereocenters. The predicted molar refractivity (Wildman–Crippen MR) is 75.2 cm³/mol. The minimum absolute atomic E-state index is 0.0579. The number of benzene rings is 1. The molecule has 0 aromatic heterocycles. The van der Waals surface area contributed by atoms with Crippen molar-refractivity contribution in [3.05, 3.63) is 29.8 Å². The van der Waals surface area contributed by atoms with Gasteiger partial charge in [-0.05, 0) is 37.6 Å². The van der Waals surface area contributed by atoms with Crippen LogP contribution in [0.25, 0.3) is 0 Å². The van der Waals surface area contributed by atoms with Gasteiger partial charge in [0.2, 0.25) is 0 Å². The van der Waals surface area contributed by atoms with Gasteiger partial charge in [0, 0.05) is 12.1 Å². The molecule has 0 radical (unpaired) electrons. The van der Waals surface area contributed by atoms with Crippen molar-refractivity contribution < 1.29 is 24.2 Å². The second-order valence-electron chi connectivity index (χ2n) is 5.11. The second-order valence-corrected chi connectivity index (χ2v) is 5.11. The fourth-order valence-corrected chi connectivity index (χ4v) is 2.28. The van der Waals surface area contributed by atoms with E-state index in [0.29, 0.717) is 12.8 Å². The van der Waals surface area contributed by atoms with E-state index >= 15 is 0 Å². The van der Waals surface area contributed by atoms with Gasteiger partial charge in [0.1, 0.15) is 11.9 Å². The van der Waals surface area contributed by atoms with Crippen LogP contribution in [0.5, 0.6) is 0 Å². The number of carbonyl (C=O) groups is 3. The summed E-state index contributed by atoms with van der Waals surface area (Å²) in [5.41, 5.74) is 0.920. The lowest BCUT2D eigenvalue weighted by Crippen LogP contribution is -2.29. The third-order valence-electron chi connectivity index (χ3n) is 3.38. The summed E-state index contributed by atoms with van der Waals surface area (Å²) in [6.45, 7) is 1.50. The number of carboxylic acid groups (broad SMARTS) is 1. The zero-order valence-electron chi connectivity index (χ0n) is 11.7. The average molecular weight is 291 g/mol. The molecule has 112 valence electrons. The van der Waals surface area contributed by atoms with Gasteiger partial charge >= 0.3 is 11.9 Å². The van der Waals surface area contributed by atoms with E-state index in [9.17, 15) is 14.4 Å². The lowest BCUT2D eigenvalue weighted by Gasteiger charge is -2.19. The maximum atomic E-state index is 11.4. The van der Waals surface area contributed by atoms with E-state index in [2.05, 4.69) is 5.32 Å². The number of carbonyl (C=O) groups excluding carboxylic acids is 2. The van der Waals surface area contributed by atoms with Crippen LogP contribution in [0.15, 0.2) is 24.3 Å². The van der Waals surface area contributed by atoms with Crippen molar-refractivity contribution in [3.63, 3.8) is 0 Å². The van der Waals surface area contributed by atoms with Gasteiger partial charge in [-0.15, -0.1) is 0 Å². The summed E-state index contributed by atoms with van der Waals surface area (Å²) in [7, 11) is 0. The van der Waals surface area contributed by atoms with Crippen LogP contribution in [0.4, 0.5) is 5.69 Å². The van der Waals surface area contributed by atoms with Crippen molar-refractivity contribution >= 4 is 23.4 Å². The van der Waals surface area contributed by atoms with Crippen LogP contribution < -0.4 is 5.32 Å². The third-order valence-corrected chi connectivity index (χ3v) is 3.38. The molecule has 2 rings (SSSR count). The molecule has 1 aliphatic rings. The number of cyclic esters (lactones) is 1. The Balaban J connectivity index is 2.00. The monoisotopic (exact) mass is 291 g/mol. The van der Waals surface area contributed by atoms with E-state index in [0.717, 1.165) is 5.69 Å². The van der Waals surface area contributed by atoms with Crippen molar-refractivity contribution in [2.24, 2.45) is 0 Å². The lowest BCUT2D eigenvalue weighted by molar-refractivity contribution is -0.142. The molecule has 2 N–H and O–H groups in total. The van der Waals surface area contributed by atoms with Crippen LogP contribution in [0.1, 0.15) is 36.5 Å². The second kappa shape index (κ2) is 6.39. The molecule has 0 bridgehead atoms. The maximum absolute atomic E-state index is 11.4. The Bertz CT molecular complexity index is 552. The number of ketones is 1. The summed E-state index contributed by atoms with van der Waals surface area (Å²) in [5, 5.41) is 12.0. The highest BCUT2D eigenvalue weighted by Gasteiger charge is 2.34. The van der Waals surface area contributed by atoms with E-state index in [-0.39, 0.29) is 35.9 Å². The van der Waals surface area contributed by atoms with Crippen LogP contribution in [0.2, 0.25) is 0 Å². The Labute approximate surface area is 122 Å². The Morgan fingerprint density at radius 3 is 2.57 bits per heavy atom. The van der Waals surface area contributed by atoms with Gasteiger partial charge in [-0.2, -0.15) is 0 Å². The SMILES string of the molecule is CC(=O)CC[C@@H]1OC(=O)C[C@H]1Nc1ccc(C(=O)O)cc1. The molecule has 21 heavy (non-hydrogen) atoms. The van der Waals surface area contributed by atoms with Crippen LogP contribution in [0.3, 0.4) is 0 Å². The third kappa shape index (κ3) is 4.05. The summed E-state index contributed by atoms with van der Waals surface area (Å²) in [6, 6.07) is 6.08. The summed E-state index contributed by atoms with van der Waals surface area (Å²) in [6.07, 6.45) is 0.768. The normalized spacial score (nSPS) is 20.9. The topological polar surface area (TPSA) is 92.7 Å². The number of rotatable bonds is 6. The highest BCUT2D eigenvalue weighted by atomic mass is 16.6. The average Bonchev–Trinajstić information content (AvgIpc) is 2.77. The van der Waals surface area contributed by atoms with Crippen molar-refractivity contribution in [2.45, 2.75) is 38.3 Å². The van der Waals surface area contributed by atoms with Crippen molar-refractivity contribution in [3.8, 4) is 0 Å². The van der Waals surface area contributed by atoms with Gasteiger partial charge < -0.3 is 20.0 Å². The van der Waals surface area contributed by atoms with Crippen LogP contribution >= 0.6 is 0 Å². The van der Waals surface area contributed by atoms with E-state index < -0.39 is 5.97 Å². The van der Waals surface area contributed by atoms with Gasteiger partial charge in [-0.3, -0.25) is 4.79 Å². The molecule has 0 aliphatic carbocycles. The zero-order valence-corrected chi connectivity index (χ0v) is 11.7. The van der Waals surface area contributed by atoms with Gasteiger partial charge in [0.15, 0.2) is 0 Å². The minimum Gasteiger partial charge on any atom is -0.478 e. The molecule has 1 aromatic carbocycles. The number of Topliss-reactive ketones (excluding diaryl/α,β-unsaturated/α-hetero) is 1. The molecule has 1 heterocycles. The number of esters is 1. The van der Waals surface area contributed by atoms with Crippen LogP contribution in [0, 0.1) is 0 Å². The molecular formula is C15H17NO5. The first kappa shape index (κ1) is 15.0. The molecule has 0 spiro atoms. The molecule has 1 saturated heterocycles. The maximum Gasteiger partial charge on any atom is 0.335 e. The molecule has 0 unspecified atom stereocenters. The number of anilines is 1. The molecular weight excluding hydrogens is 274 g/mol. The Morgan fingerprint density at radius 2 is 2.00 bits per heavy atom. The van der Waals surface area contributed by atoms with Gasteiger partial charge in [0.25, 0.3) is 0 Å². The summed E-state index contributed by atoms with van der Waals surface area (Å²) < 4.78 is 5.21. The first-order chi connectivity index (χ1) is 9.95. The van der Waals surface area contributed by atoms with Crippen molar-refractivity contribution in [1.82, 2.24) is 0 Å². The van der Waals surface area contributed by atoms with Gasteiger partial charge in [-0.1, -0.05) is 0 Å². The van der Waals surface area contributed by atoms with Gasteiger partial charge in [0.05, 0.1) is 18.0 Å². The number of nitrogens with one attached hydrogen (secondary N) is 1. The highest BCUT2D eigenvalue weighted by molar-refractivity contribution is 5.88. The van der Waals surface area contributed by atoms with E-state index in [1.807, 2.05) is 0 Å². The quantitative estimate of drug-likeness (QED) is 0.777. The standard InChI is InChI=1S/C15H17NO5/c1-9(17)2-7-13-12(8-14(18)21-13)16-11-5-3-10(4-6-11)15(19)20/h3-6,12-13,16H,2,7-8H2,1H3,(H,19,20)/t12-,13+/m1/s1. The van der Waals surface area contributed by atoms with Crippen LogP contribution in [-0.4, -0.2) is 35.0 Å². The van der Waals surface area contributed by atoms with Crippen LogP contribution in [-0.2, 0) is 14.3 Å². The number of ether oxygens (including phenoxy) is 1. The molecule has 0 amide bonds. The summed E-state index contributed by atoms with van der Waals surface area (Å²) in [5.74, 6) is -1.22. The summed E-state index contributed by atoms with van der Waals surface area (Å²) in [4.78, 5) is 33.2. The highest BCUT2D eigenvalue weighted by Crippen LogP contribution is 2.23. The number of hydrogen-bond donors (Lipinski definition) is 2. The van der Waals surface area contributed by atoms with Gasteiger partial charge in [-0.25, -0.2) is 4.79 Å². The number of aromatic carboxylic acids is 1. The fraction of sp³-hybridized carbons (Fsp3) is 0.400. The molecule has 6 heteroatoms. The molecule has 6 nitrogen and oxygen atoms in total. The van der Waals surface area contributed by atoms with Crippen molar-refractivity contribution in [1.29, 1.82) is 0 Å². The minimum atomic E-state index is -0.986.